The van der Waals surface area contributed by atoms with Crippen molar-refractivity contribution in [3.8, 4) is 11.5 Å². The van der Waals surface area contributed by atoms with E-state index in [1.807, 2.05) is 6.07 Å². The molecule has 0 aliphatic carbocycles. The van der Waals surface area contributed by atoms with Gasteiger partial charge in [-0.3, -0.25) is 9.59 Å². The van der Waals surface area contributed by atoms with Crippen LogP contribution in [0.15, 0.2) is 76.4 Å². The summed E-state index contributed by atoms with van der Waals surface area (Å²) < 4.78 is 15.9. The maximum Gasteiger partial charge on any atom is 0.343 e. The van der Waals surface area contributed by atoms with Crippen molar-refractivity contribution in [3.63, 3.8) is 0 Å². The van der Waals surface area contributed by atoms with Crippen LogP contribution in [0, 0.1) is 0 Å². The van der Waals surface area contributed by atoms with Gasteiger partial charge in [0.15, 0.2) is 17.3 Å². The molecule has 2 N–H and O–H groups in total. The Balaban J connectivity index is 1.57. The van der Waals surface area contributed by atoms with Crippen LogP contribution >= 0.6 is 0 Å². The molecule has 9 heteroatoms. The zero-order valence-corrected chi connectivity index (χ0v) is 17.2. The molecule has 0 atom stereocenters. The number of ether oxygens (including phenoxy) is 2. The van der Waals surface area contributed by atoms with Gasteiger partial charge in [-0.15, -0.1) is 0 Å². The van der Waals surface area contributed by atoms with Crippen LogP contribution in [0.5, 0.6) is 11.5 Å². The number of amides is 2. The van der Waals surface area contributed by atoms with E-state index < -0.39 is 17.8 Å². The molecule has 0 aliphatic rings. The molecular formula is C23H21N3O6. The summed E-state index contributed by atoms with van der Waals surface area (Å²) in [6.45, 7) is 1.90. The Morgan fingerprint density at radius 3 is 2.56 bits per heavy atom. The van der Waals surface area contributed by atoms with Gasteiger partial charge < -0.3 is 19.2 Å². The van der Waals surface area contributed by atoms with Crippen LogP contribution in [-0.4, -0.2) is 37.1 Å². The zero-order valence-electron chi connectivity index (χ0n) is 17.2. The highest BCUT2D eigenvalue weighted by molar-refractivity contribution is 5.94. The third kappa shape index (κ3) is 6.30. The molecule has 2 aromatic carbocycles. The van der Waals surface area contributed by atoms with Crippen LogP contribution in [0.2, 0.25) is 0 Å². The second-order valence-corrected chi connectivity index (χ2v) is 6.35. The Morgan fingerprint density at radius 2 is 1.84 bits per heavy atom. The lowest BCUT2D eigenvalue weighted by Gasteiger charge is -2.11. The first-order valence-corrected chi connectivity index (χ1v) is 9.74. The van der Waals surface area contributed by atoms with Crippen LogP contribution < -0.4 is 20.2 Å². The molecule has 0 aliphatic heterocycles. The molecule has 0 unspecified atom stereocenters. The van der Waals surface area contributed by atoms with Crippen molar-refractivity contribution in [1.82, 2.24) is 10.7 Å². The molecule has 9 nitrogen and oxygen atoms in total. The monoisotopic (exact) mass is 435 g/mol. The van der Waals surface area contributed by atoms with Gasteiger partial charge in [-0.1, -0.05) is 18.2 Å². The number of carbonyl (C=O) groups excluding carboxylic acids is 3. The smallest absolute Gasteiger partial charge is 0.343 e. The number of nitrogens with zero attached hydrogens (tertiary/aromatic N) is 1. The zero-order chi connectivity index (χ0) is 22.8. The Morgan fingerprint density at radius 1 is 1.03 bits per heavy atom. The quantitative estimate of drug-likeness (QED) is 0.231. The van der Waals surface area contributed by atoms with Crippen molar-refractivity contribution >= 4 is 24.0 Å². The average Bonchev–Trinajstić information content (AvgIpc) is 3.35. The van der Waals surface area contributed by atoms with E-state index >= 15 is 0 Å². The number of furan rings is 1. The van der Waals surface area contributed by atoms with Gasteiger partial charge in [0.25, 0.3) is 11.8 Å². The highest BCUT2D eigenvalue weighted by atomic mass is 16.6. The molecule has 0 fully saturated rings. The Labute approximate surface area is 184 Å². The van der Waals surface area contributed by atoms with E-state index in [1.54, 1.807) is 55.5 Å². The Bertz CT molecular complexity index is 1090. The minimum absolute atomic E-state index is 0.109. The number of carbonyl (C=O) groups is 3. The number of rotatable bonds is 9. The second kappa shape index (κ2) is 11.1. The molecule has 0 radical (unpaired) electrons. The van der Waals surface area contributed by atoms with E-state index in [2.05, 4.69) is 15.8 Å². The van der Waals surface area contributed by atoms with E-state index in [0.29, 0.717) is 23.5 Å². The van der Waals surface area contributed by atoms with Gasteiger partial charge in [0, 0.05) is 0 Å². The number of hydrogen-bond acceptors (Lipinski definition) is 7. The van der Waals surface area contributed by atoms with Crippen molar-refractivity contribution in [2.24, 2.45) is 5.10 Å². The molecule has 3 aromatic rings. The molecule has 2 amide bonds. The summed E-state index contributed by atoms with van der Waals surface area (Å²) in [4.78, 5) is 35.9. The lowest BCUT2D eigenvalue weighted by molar-refractivity contribution is -0.120. The average molecular weight is 435 g/mol. The first-order chi connectivity index (χ1) is 15.6. The molecule has 3 rings (SSSR count). The third-order valence-corrected chi connectivity index (χ3v) is 4.04. The molecule has 0 spiro atoms. The molecule has 1 heterocycles. The van der Waals surface area contributed by atoms with Crippen LogP contribution in [0.25, 0.3) is 0 Å². The van der Waals surface area contributed by atoms with Crippen molar-refractivity contribution in [2.45, 2.75) is 6.92 Å². The van der Waals surface area contributed by atoms with Crippen LogP contribution in [0.1, 0.15) is 33.4 Å². The van der Waals surface area contributed by atoms with Crippen LogP contribution in [0.4, 0.5) is 0 Å². The largest absolute Gasteiger partial charge is 0.490 e. The molecular weight excluding hydrogens is 414 g/mol. The summed E-state index contributed by atoms with van der Waals surface area (Å²) in [5, 5.41) is 6.27. The van der Waals surface area contributed by atoms with Crippen molar-refractivity contribution in [1.29, 1.82) is 0 Å². The number of esters is 1. The van der Waals surface area contributed by atoms with Gasteiger partial charge in [0.05, 0.1) is 31.2 Å². The topological polar surface area (TPSA) is 119 Å². The van der Waals surface area contributed by atoms with E-state index in [1.165, 1.54) is 18.5 Å². The van der Waals surface area contributed by atoms with Crippen LogP contribution in [-0.2, 0) is 4.79 Å². The molecule has 0 saturated heterocycles. The standard InChI is InChI=1S/C23H21N3O6/c1-2-30-20-13-16(10-11-18(20)32-23(29)17-7-4-3-5-8-17)14-25-26-21(27)15-24-22(28)19-9-6-12-31-19/h3-14H,2,15H2,1H3,(H,24,28)(H,26,27)/b25-14+. The van der Waals surface area contributed by atoms with Gasteiger partial charge in [-0.2, -0.15) is 5.10 Å². The third-order valence-electron chi connectivity index (χ3n) is 4.04. The summed E-state index contributed by atoms with van der Waals surface area (Å²) in [5.74, 6) is -0.786. The first kappa shape index (κ1) is 22.3. The van der Waals surface area contributed by atoms with E-state index in [0.717, 1.165) is 0 Å². The maximum absolute atomic E-state index is 12.3. The summed E-state index contributed by atoms with van der Waals surface area (Å²) in [6.07, 6.45) is 2.77. The predicted molar refractivity (Wildman–Crippen MR) is 116 cm³/mol. The highest BCUT2D eigenvalue weighted by Crippen LogP contribution is 2.28. The van der Waals surface area contributed by atoms with Crippen molar-refractivity contribution < 1.29 is 28.3 Å². The van der Waals surface area contributed by atoms with Gasteiger partial charge in [-0.25, -0.2) is 10.2 Å². The second-order valence-electron chi connectivity index (χ2n) is 6.35. The van der Waals surface area contributed by atoms with Crippen LogP contribution in [0.3, 0.4) is 0 Å². The fourth-order valence-electron chi connectivity index (χ4n) is 2.56. The lowest BCUT2D eigenvalue weighted by Crippen LogP contribution is -2.34. The maximum atomic E-state index is 12.3. The van der Waals surface area contributed by atoms with E-state index in [4.69, 9.17) is 13.9 Å². The van der Waals surface area contributed by atoms with Crippen molar-refractivity contribution in [2.75, 3.05) is 13.2 Å². The highest BCUT2D eigenvalue weighted by Gasteiger charge is 2.13. The number of nitrogens with one attached hydrogen (secondary N) is 2. The van der Waals surface area contributed by atoms with E-state index in [9.17, 15) is 14.4 Å². The molecule has 32 heavy (non-hydrogen) atoms. The Kier molecular flexibility index (Phi) is 7.74. The summed E-state index contributed by atoms with van der Waals surface area (Å²) in [5.41, 5.74) is 3.33. The minimum Gasteiger partial charge on any atom is -0.490 e. The number of hydrogen-bond donors (Lipinski definition) is 2. The summed E-state index contributed by atoms with van der Waals surface area (Å²) in [6, 6.07) is 16.5. The molecule has 164 valence electrons. The van der Waals surface area contributed by atoms with Gasteiger partial charge >= 0.3 is 5.97 Å². The predicted octanol–water partition coefficient (Wildman–Crippen LogP) is 2.78. The normalized spacial score (nSPS) is 10.5. The lowest BCUT2D eigenvalue weighted by atomic mass is 10.2. The molecule has 0 saturated carbocycles. The van der Waals surface area contributed by atoms with Gasteiger partial charge in [-0.05, 0) is 55.0 Å². The number of hydrazone groups is 1. The Hall–Kier alpha value is -4.40. The fourth-order valence-corrected chi connectivity index (χ4v) is 2.56. The summed E-state index contributed by atoms with van der Waals surface area (Å²) >= 11 is 0. The SMILES string of the molecule is CCOc1cc(/C=N/NC(=O)CNC(=O)c2ccco2)ccc1OC(=O)c1ccccc1. The minimum atomic E-state index is -0.514. The molecule has 0 bridgehead atoms. The summed E-state index contributed by atoms with van der Waals surface area (Å²) in [7, 11) is 0. The number of benzene rings is 2. The van der Waals surface area contributed by atoms with Gasteiger partial charge in [0.2, 0.25) is 0 Å². The first-order valence-electron chi connectivity index (χ1n) is 9.74. The molecule has 1 aromatic heterocycles. The van der Waals surface area contributed by atoms with Gasteiger partial charge in [0.1, 0.15) is 0 Å². The fraction of sp³-hybridized carbons (Fsp3) is 0.130. The van der Waals surface area contributed by atoms with Crippen molar-refractivity contribution in [3.05, 3.63) is 83.8 Å². The van der Waals surface area contributed by atoms with E-state index in [-0.39, 0.29) is 18.1 Å².